The maximum absolute atomic E-state index is 12.8. The maximum atomic E-state index is 12.8. The van der Waals surface area contributed by atoms with Crippen LogP contribution in [0.25, 0.3) is 0 Å². The van der Waals surface area contributed by atoms with Gasteiger partial charge in [0.2, 0.25) is 17.7 Å². The van der Waals surface area contributed by atoms with Gasteiger partial charge in [0.25, 0.3) is 5.91 Å². The van der Waals surface area contributed by atoms with Crippen LogP contribution in [0.4, 0.5) is 11.6 Å². The minimum Gasteiger partial charge on any atom is -0.480 e. The molecule has 0 spiro atoms. The summed E-state index contributed by atoms with van der Waals surface area (Å²) in [5, 5.41) is 6.91. The van der Waals surface area contributed by atoms with Gasteiger partial charge in [0, 0.05) is 41.8 Å². The van der Waals surface area contributed by atoms with Gasteiger partial charge >= 0.3 is 0 Å². The van der Waals surface area contributed by atoms with Crippen molar-refractivity contribution in [3.05, 3.63) is 53.2 Å². The number of aromatic nitrogens is 2. The van der Waals surface area contributed by atoms with Gasteiger partial charge in [-0.3, -0.25) is 9.59 Å². The van der Waals surface area contributed by atoms with Gasteiger partial charge in [-0.15, -0.1) is 0 Å². The number of hydrogen-bond donors (Lipinski definition) is 2. The average molecular weight is 495 g/mol. The second-order valence-corrected chi connectivity index (χ2v) is 7.61. The molecule has 0 unspecified atom stereocenters. The number of hydrogen-bond acceptors (Lipinski definition) is 6. The van der Waals surface area contributed by atoms with Gasteiger partial charge in [-0.25, -0.2) is 4.98 Å². The molecule has 0 bridgehead atoms. The number of halogens is 2. The third-order valence-corrected chi connectivity index (χ3v) is 5.10. The highest BCUT2D eigenvalue weighted by Gasteiger charge is 2.27. The summed E-state index contributed by atoms with van der Waals surface area (Å²) in [6, 6.07) is 6.87. The molecule has 10 heteroatoms. The Morgan fingerprint density at radius 2 is 2.13 bits per heavy atom. The fourth-order valence-corrected chi connectivity index (χ4v) is 3.38. The molecule has 0 aliphatic carbocycles. The number of amides is 2. The number of allylic oxidation sites excluding steroid dienone is 1. The molecule has 1 aromatic heterocycles. The molecule has 2 N–H and O–H groups in total. The number of alkyl halides is 1. The highest BCUT2D eigenvalue weighted by atomic mass is 79.9. The molecule has 30 heavy (non-hydrogen) atoms. The number of methoxy groups -OCH3 is 1. The topological polar surface area (TPSA) is 96.5 Å². The van der Waals surface area contributed by atoms with Gasteiger partial charge in [-0.05, 0) is 30.7 Å². The van der Waals surface area contributed by atoms with Gasteiger partial charge < -0.3 is 20.3 Å². The minimum atomic E-state index is -0.219. The molecule has 158 valence electrons. The second-order valence-electron chi connectivity index (χ2n) is 6.56. The third kappa shape index (κ3) is 5.70. The number of carbonyl (C=O) groups excluding carboxylic acids is 2. The van der Waals surface area contributed by atoms with E-state index in [0.717, 1.165) is 6.42 Å². The number of anilines is 2. The Kier molecular flexibility index (Phi) is 7.64. The normalized spacial score (nSPS) is 16.0. The smallest absolute Gasteiger partial charge is 0.253 e. The lowest BCUT2D eigenvalue weighted by atomic mass is 10.2. The average Bonchev–Trinajstić information content (AvgIpc) is 3.22. The Morgan fingerprint density at radius 3 is 2.83 bits per heavy atom. The summed E-state index contributed by atoms with van der Waals surface area (Å²) in [4.78, 5) is 34.6. The summed E-state index contributed by atoms with van der Waals surface area (Å²) < 4.78 is 5.10. The first-order valence-corrected chi connectivity index (χ1v) is 10.8. The van der Waals surface area contributed by atoms with Gasteiger partial charge in [-0.2, -0.15) is 4.98 Å². The van der Waals surface area contributed by atoms with E-state index in [-0.39, 0.29) is 17.9 Å². The largest absolute Gasteiger partial charge is 0.480 e. The van der Waals surface area contributed by atoms with E-state index in [1.165, 1.54) is 19.4 Å². The summed E-state index contributed by atoms with van der Waals surface area (Å²) in [7, 11) is 1.49. The van der Waals surface area contributed by atoms with Crippen LogP contribution < -0.4 is 15.4 Å². The van der Waals surface area contributed by atoms with Gasteiger partial charge in [0.05, 0.1) is 13.3 Å². The van der Waals surface area contributed by atoms with Gasteiger partial charge in [-0.1, -0.05) is 33.6 Å². The fraction of sp³-hybridized carbons (Fsp3) is 0.300. The Labute approximate surface area is 187 Å². The lowest BCUT2D eigenvalue weighted by Gasteiger charge is -2.17. The molecule has 1 aliphatic rings. The number of benzene rings is 1. The van der Waals surface area contributed by atoms with Crippen LogP contribution in [0, 0.1) is 0 Å². The van der Waals surface area contributed by atoms with Crippen LogP contribution in [-0.4, -0.2) is 58.3 Å². The van der Waals surface area contributed by atoms with Crippen molar-refractivity contribution in [3.63, 3.8) is 0 Å². The van der Waals surface area contributed by atoms with E-state index in [1.807, 2.05) is 0 Å². The second kappa shape index (κ2) is 10.4. The number of carbonyl (C=O) groups is 2. The molecule has 0 saturated carbocycles. The number of nitrogens with one attached hydrogen (secondary N) is 2. The van der Waals surface area contributed by atoms with Crippen LogP contribution in [0.3, 0.4) is 0 Å². The molecule has 2 amide bonds. The zero-order valence-electron chi connectivity index (χ0n) is 16.3. The third-order valence-electron chi connectivity index (χ3n) is 4.47. The zero-order valence-corrected chi connectivity index (χ0v) is 18.6. The molecule has 8 nitrogen and oxygen atoms in total. The zero-order chi connectivity index (χ0) is 21.5. The van der Waals surface area contributed by atoms with Crippen LogP contribution in [0.1, 0.15) is 16.8 Å². The van der Waals surface area contributed by atoms with Crippen LogP contribution >= 0.6 is 27.5 Å². The van der Waals surface area contributed by atoms with E-state index in [2.05, 4.69) is 36.5 Å². The molecule has 1 aromatic carbocycles. The predicted molar refractivity (Wildman–Crippen MR) is 120 cm³/mol. The van der Waals surface area contributed by atoms with E-state index < -0.39 is 0 Å². The summed E-state index contributed by atoms with van der Waals surface area (Å²) in [6.45, 7) is 1.15. The van der Waals surface area contributed by atoms with E-state index in [1.54, 1.807) is 35.2 Å². The van der Waals surface area contributed by atoms with E-state index in [0.29, 0.717) is 46.5 Å². The van der Waals surface area contributed by atoms with Crippen molar-refractivity contribution >= 4 is 51.0 Å². The molecule has 1 atom stereocenters. The van der Waals surface area contributed by atoms with Crippen molar-refractivity contribution < 1.29 is 14.3 Å². The molecular weight excluding hydrogens is 474 g/mol. The molecule has 1 saturated heterocycles. The van der Waals surface area contributed by atoms with Crippen molar-refractivity contribution in [2.45, 2.75) is 12.5 Å². The summed E-state index contributed by atoms with van der Waals surface area (Å²) in [5.41, 5.74) is 1.19. The molecule has 2 aromatic rings. The number of ether oxygens (including phenoxy) is 1. The first-order chi connectivity index (χ1) is 14.5. The van der Waals surface area contributed by atoms with E-state index in [9.17, 15) is 9.59 Å². The first-order valence-electron chi connectivity index (χ1n) is 9.26. The maximum Gasteiger partial charge on any atom is 0.253 e. The van der Waals surface area contributed by atoms with Gasteiger partial charge in [0.1, 0.15) is 5.02 Å². The number of rotatable bonds is 7. The fourth-order valence-electron chi connectivity index (χ4n) is 3.02. The Hall–Kier alpha value is -2.65. The predicted octanol–water partition coefficient (Wildman–Crippen LogP) is 3.35. The van der Waals surface area contributed by atoms with Gasteiger partial charge in [0.15, 0.2) is 0 Å². The van der Waals surface area contributed by atoms with Crippen molar-refractivity contribution in [1.29, 1.82) is 0 Å². The summed E-state index contributed by atoms with van der Waals surface area (Å²) >= 11 is 9.17. The van der Waals surface area contributed by atoms with Crippen molar-refractivity contribution in [2.75, 3.05) is 36.2 Å². The van der Waals surface area contributed by atoms with Crippen molar-refractivity contribution in [1.82, 2.24) is 14.9 Å². The lowest BCUT2D eigenvalue weighted by Crippen LogP contribution is -2.31. The van der Waals surface area contributed by atoms with Crippen LogP contribution in [0.15, 0.2) is 42.6 Å². The standard InChI is InChI=1S/C20H21BrClN5O3/c1-30-18-16(22)11-23-20(26-18)25-15-8-10-27(12-15)19(29)13-4-6-14(7-5-13)24-17(28)3-2-9-21/h2-7,11,15H,8-10,12H2,1H3,(H,24,28)(H,23,25,26)/b3-2+/t15-/m1/s1. The summed E-state index contributed by atoms with van der Waals surface area (Å²) in [5.74, 6) is 0.425. The highest BCUT2D eigenvalue weighted by Crippen LogP contribution is 2.23. The monoisotopic (exact) mass is 493 g/mol. The molecular formula is C20H21BrClN5O3. The van der Waals surface area contributed by atoms with Crippen LogP contribution in [0.5, 0.6) is 5.88 Å². The number of likely N-dealkylation sites (tertiary alicyclic amines) is 1. The Balaban J connectivity index is 1.56. The molecule has 1 fully saturated rings. The Bertz CT molecular complexity index is 939. The summed E-state index contributed by atoms with van der Waals surface area (Å²) in [6.07, 6.45) is 5.40. The SMILES string of the molecule is COc1nc(N[C@@H]2CCN(C(=O)c3ccc(NC(=O)/C=C/CBr)cc3)C2)ncc1Cl. The van der Waals surface area contributed by atoms with E-state index in [4.69, 9.17) is 16.3 Å². The van der Waals surface area contributed by atoms with E-state index >= 15 is 0 Å². The van der Waals surface area contributed by atoms with Crippen LogP contribution in [-0.2, 0) is 4.79 Å². The van der Waals surface area contributed by atoms with Crippen molar-refractivity contribution in [2.24, 2.45) is 0 Å². The van der Waals surface area contributed by atoms with Crippen LogP contribution in [0.2, 0.25) is 5.02 Å². The highest BCUT2D eigenvalue weighted by molar-refractivity contribution is 9.09. The molecule has 0 radical (unpaired) electrons. The quantitative estimate of drug-likeness (QED) is 0.453. The first kappa shape index (κ1) is 22.0. The minimum absolute atomic E-state index is 0.0274. The molecule has 3 rings (SSSR count). The molecule has 1 aliphatic heterocycles. The number of nitrogens with zero attached hydrogens (tertiary/aromatic N) is 3. The molecule has 2 heterocycles. The lowest BCUT2D eigenvalue weighted by molar-refractivity contribution is -0.111. The van der Waals surface area contributed by atoms with Crippen molar-refractivity contribution in [3.8, 4) is 5.88 Å². The Morgan fingerprint density at radius 1 is 1.37 bits per heavy atom.